The van der Waals surface area contributed by atoms with Crippen LogP contribution in [-0.2, 0) is 6.54 Å². The van der Waals surface area contributed by atoms with E-state index in [1.54, 1.807) is 0 Å². The molecule has 1 fully saturated rings. The number of benzene rings is 1. The van der Waals surface area contributed by atoms with Gasteiger partial charge in [0.05, 0.1) is 5.52 Å². The van der Waals surface area contributed by atoms with Crippen LogP contribution in [0.25, 0.3) is 10.9 Å². The van der Waals surface area contributed by atoms with Gasteiger partial charge < -0.3 is 5.32 Å². The molecule has 1 N–H and O–H groups in total. The van der Waals surface area contributed by atoms with Gasteiger partial charge in [-0.1, -0.05) is 28.1 Å². The average Bonchev–Trinajstić information content (AvgIpc) is 2.90. The van der Waals surface area contributed by atoms with Gasteiger partial charge in [-0.2, -0.15) is 0 Å². The summed E-state index contributed by atoms with van der Waals surface area (Å²) in [5, 5.41) is 4.56. The van der Waals surface area contributed by atoms with Gasteiger partial charge in [0, 0.05) is 41.7 Å². The number of likely N-dealkylation sites (N-methyl/N-ethyl adjacent to an activating group) is 1. The van der Waals surface area contributed by atoms with Crippen LogP contribution in [0.2, 0.25) is 0 Å². The van der Waals surface area contributed by atoms with Crippen molar-refractivity contribution in [3.05, 3.63) is 40.5 Å². The Morgan fingerprint density at radius 3 is 3.00 bits per heavy atom. The monoisotopic (exact) mass is 355 g/mol. The van der Waals surface area contributed by atoms with Crippen LogP contribution < -0.4 is 5.32 Å². The summed E-state index contributed by atoms with van der Waals surface area (Å²) in [6, 6.07) is 9.06. The zero-order valence-electron chi connectivity index (χ0n) is 11.5. The van der Waals surface area contributed by atoms with E-state index in [9.17, 15) is 0 Å². The lowest BCUT2D eigenvalue weighted by Gasteiger charge is -2.17. The van der Waals surface area contributed by atoms with Gasteiger partial charge in [0.15, 0.2) is 0 Å². The molecular weight excluding hydrogens is 338 g/mol. The van der Waals surface area contributed by atoms with Crippen molar-refractivity contribution in [2.45, 2.75) is 19.0 Å². The van der Waals surface area contributed by atoms with Crippen molar-refractivity contribution in [1.82, 2.24) is 15.2 Å². The average molecular weight is 357 g/mol. The summed E-state index contributed by atoms with van der Waals surface area (Å²) >= 11 is 3.60. The van der Waals surface area contributed by atoms with E-state index >= 15 is 0 Å². The second-order valence-corrected chi connectivity index (χ2v) is 5.97. The third-order valence-electron chi connectivity index (χ3n) is 3.87. The maximum Gasteiger partial charge on any atom is 0.0758 e. The number of rotatable bonds is 3. The smallest absolute Gasteiger partial charge is 0.0758 e. The second kappa shape index (κ2) is 6.85. The van der Waals surface area contributed by atoms with Crippen LogP contribution in [-0.4, -0.2) is 36.1 Å². The molecule has 2 heterocycles. The summed E-state index contributed by atoms with van der Waals surface area (Å²) in [7, 11) is 2.05. The lowest BCUT2D eigenvalue weighted by atomic mass is 10.1. The van der Waals surface area contributed by atoms with Crippen LogP contribution in [0.1, 0.15) is 12.0 Å². The number of fused-ring (bicyclic) bond motifs is 1. The molecule has 1 aromatic carbocycles. The summed E-state index contributed by atoms with van der Waals surface area (Å²) < 4.78 is 1.12. The largest absolute Gasteiger partial charge is 0.316 e. The van der Waals surface area contributed by atoms with Gasteiger partial charge in [-0.05, 0) is 31.2 Å². The Labute approximate surface area is 134 Å². The standard InChI is InChI=1S/C15H18BrN3.ClH/c1-17-12-6-8-19(10-12)9-11-4-5-14(16)13-3-2-7-18-15(11)13;/h2-5,7,12,17H,6,8-10H2,1H3;1H. The molecule has 108 valence electrons. The molecule has 5 heteroatoms. The Balaban J connectivity index is 0.00000147. The molecule has 0 saturated carbocycles. The Morgan fingerprint density at radius 1 is 1.40 bits per heavy atom. The van der Waals surface area contributed by atoms with Crippen molar-refractivity contribution in [1.29, 1.82) is 0 Å². The van der Waals surface area contributed by atoms with Gasteiger partial charge in [0.2, 0.25) is 0 Å². The number of nitrogens with one attached hydrogen (secondary N) is 1. The number of likely N-dealkylation sites (tertiary alicyclic amines) is 1. The highest BCUT2D eigenvalue weighted by Gasteiger charge is 2.21. The molecule has 3 rings (SSSR count). The molecule has 3 nitrogen and oxygen atoms in total. The van der Waals surface area contributed by atoms with E-state index in [2.05, 4.69) is 49.3 Å². The van der Waals surface area contributed by atoms with Crippen molar-refractivity contribution in [2.75, 3.05) is 20.1 Å². The molecule has 0 spiro atoms. The number of pyridine rings is 1. The summed E-state index contributed by atoms with van der Waals surface area (Å²) in [6.07, 6.45) is 3.11. The second-order valence-electron chi connectivity index (χ2n) is 5.12. The lowest BCUT2D eigenvalue weighted by Crippen LogP contribution is -2.29. The minimum Gasteiger partial charge on any atom is -0.316 e. The van der Waals surface area contributed by atoms with Crippen molar-refractivity contribution in [2.24, 2.45) is 0 Å². The van der Waals surface area contributed by atoms with E-state index in [0.717, 1.165) is 29.6 Å². The van der Waals surface area contributed by atoms with Crippen LogP contribution in [0.4, 0.5) is 0 Å². The number of nitrogens with zero attached hydrogens (tertiary/aromatic N) is 2. The van der Waals surface area contributed by atoms with Crippen LogP contribution in [0.5, 0.6) is 0 Å². The molecule has 1 unspecified atom stereocenters. The fourth-order valence-corrected chi connectivity index (χ4v) is 3.23. The molecule has 0 bridgehead atoms. The highest BCUT2D eigenvalue weighted by molar-refractivity contribution is 9.10. The Bertz CT molecular complexity index is 590. The molecule has 1 aliphatic rings. The van der Waals surface area contributed by atoms with Crippen LogP contribution in [0.15, 0.2) is 34.9 Å². The SMILES string of the molecule is CNC1CCN(Cc2ccc(Br)c3cccnc23)C1.Cl. The number of aromatic nitrogens is 1. The van der Waals surface area contributed by atoms with Gasteiger partial charge in [-0.15, -0.1) is 12.4 Å². The first-order chi connectivity index (χ1) is 9.28. The topological polar surface area (TPSA) is 28.2 Å². The van der Waals surface area contributed by atoms with Gasteiger partial charge in [0.25, 0.3) is 0 Å². The normalized spacial score (nSPS) is 19.2. The van der Waals surface area contributed by atoms with Crippen molar-refractivity contribution < 1.29 is 0 Å². The van der Waals surface area contributed by atoms with E-state index in [4.69, 9.17) is 0 Å². The molecule has 0 aliphatic carbocycles. The zero-order valence-corrected chi connectivity index (χ0v) is 13.9. The van der Waals surface area contributed by atoms with E-state index < -0.39 is 0 Å². The summed E-state index contributed by atoms with van der Waals surface area (Å²) in [6.45, 7) is 3.27. The van der Waals surface area contributed by atoms with Crippen LogP contribution >= 0.6 is 28.3 Å². The summed E-state index contributed by atoms with van der Waals surface area (Å²) in [4.78, 5) is 7.05. The van der Waals surface area contributed by atoms with Crippen molar-refractivity contribution in [3.8, 4) is 0 Å². The molecule has 2 aromatic rings. The molecule has 0 radical (unpaired) electrons. The molecule has 1 aliphatic heterocycles. The van der Waals surface area contributed by atoms with Crippen LogP contribution in [0, 0.1) is 0 Å². The number of hydrogen-bond acceptors (Lipinski definition) is 3. The maximum absolute atomic E-state index is 4.55. The van der Waals surface area contributed by atoms with Crippen molar-refractivity contribution >= 4 is 39.2 Å². The van der Waals surface area contributed by atoms with Crippen molar-refractivity contribution in [3.63, 3.8) is 0 Å². The molecule has 1 atom stereocenters. The molecule has 1 saturated heterocycles. The Kier molecular flexibility index (Phi) is 5.38. The lowest BCUT2D eigenvalue weighted by molar-refractivity contribution is 0.323. The first-order valence-corrected chi connectivity index (χ1v) is 7.49. The highest BCUT2D eigenvalue weighted by Crippen LogP contribution is 2.26. The van der Waals surface area contributed by atoms with E-state index in [-0.39, 0.29) is 12.4 Å². The van der Waals surface area contributed by atoms with Gasteiger partial charge in [-0.25, -0.2) is 0 Å². The fraction of sp³-hybridized carbons (Fsp3) is 0.400. The third kappa shape index (κ3) is 3.14. The highest BCUT2D eigenvalue weighted by atomic mass is 79.9. The quantitative estimate of drug-likeness (QED) is 0.915. The van der Waals surface area contributed by atoms with E-state index in [0.29, 0.717) is 6.04 Å². The maximum atomic E-state index is 4.55. The first kappa shape index (κ1) is 15.7. The minimum absolute atomic E-state index is 0. The first-order valence-electron chi connectivity index (χ1n) is 6.69. The molecule has 1 aromatic heterocycles. The number of halogens is 2. The third-order valence-corrected chi connectivity index (χ3v) is 4.57. The van der Waals surface area contributed by atoms with Crippen LogP contribution in [0.3, 0.4) is 0 Å². The zero-order chi connectivity index (χ0) is 13.2. The van der Waals surface area contributed by atoms with E-state index in [1.165, 1.54) is 17.4 Å². The number of hydrogen-bond donors (Lipinski definition) is 1. The summed E-state index contributed by atoms with van der Waals surface area (Å²) in [5.41, 5.74) is 2.43. The minimum atomic E-state index is 0. The molecule has 0 amide bonds. The van der Waals surface area contributed by atoms with Gasteiger partial charge in [-0.3, -0.25) is 9.88 Å². The van der Waals surface area contributed by atoms with Gasteiger partial charge >= 0.3 is 0 Å². The summed E-state index contributed by atoms with van der Waals surface area (Å²) in [5.74, 6) is 0. The Morgan fingerprint density at radius 2 is 2.25 bits per heavy atom. The fourth-order valence-electron chi connectivity index (χ4n) is 2.78. The van der Waals surface area contributed by atoms with E-state index in [1.807, 2.05) is 19.3 Å². The predicted octanol–water partition coefficient (Wildman–Crippen LogP) is 3.21. The Hall–Kier alpha value is -0.680. The molecule has 20 heavy (non-hydrogen) atoms. The van der Waals surface area contributed by atoms with Gasteiger partial charge in [0.1, 0.15) is 0 Å². The predicted molar refractivity (Wildman–Crippen MR) is 89.4 cm³/mol. The molecular formula is C15H19BrClN3.